The van der Waals surface area contributed by atoms with Gasteiger partial charge in [0.1, 0.15) is 5.75 Å². The first kappa shape index (κ1) is 17.8. The van der Waals surface area contributed by atoms with Crippen molar-refractivity contribution in [2.24, 2.45) is 0 Å². The van der Waals surface area contributed by atoms with Gasteiger partial charge in [-0.05, 0) is 48.4 Å². The number of ketones is 1. The van der Waals surface area contributed by atoms with E-state index < -0.39 is 0 Å². The highest BCUT2D eigenvalue weighted by molar-refractivity contribution is 7.12. The number of hydrogen-bond acceptors (Lipinski definition) is 5. The van der Waals surface area contributed by atoms with Crippen molar-refractivity contribution >= 4 is 23.0 Å². The van der Waals surface area contributed by atoms with Crippen LogP contribution in [-0.4, -0.2) is 23.8 Å². The maximum atomic E-state index is 12.7. The number of carbonyl (C=O) groups is 2. The number of Topliss-reactive ketones (excluding diaryl/α,β-unsaturated/α-hetero) is 1. The Hall–Kier alpha value is -2.99. The van der Waals surface area contributed by atoms with Gasteiger partial charge >= 0.3 is 0 Å². The van der Waals surface area contributed by atoms with Crippen LogP contribution >= 0.6 is 11.3 Å². The monoisotopic (exact) mass is 366 g/mol. The van der Waals surface area contributed by atoms with Crippen molar-refractivity contribution in [1.82, 2.24) is 10.3 Å². The van der Waals surface area contributed by atoms with Gasteiger partial charge in [0.2, 0.25) is 0 Å². The highest BCUT2D eigenvalue weighted by Gasteiger charge is 2.19. The molecule has 0 fully saturated rings. The van der Waals surface area contributed by atoms with Gasteiger partial charge in [0.05, 0.1) is 23.6 Å². The molecule has 2 heterocycles. The minimum absolute atomic E-state index is 0.0464. The molecule has 0 radical (unpaired) electrons. The van der Waals surface area contributed by atoms with Gasteiger partial charge in [0.25, 0.3) is 5.91 Å². The number of hydrogen-bond donors (Lipinski definition) is 1. The van der Waals surface area contributed by atoms with Crippen molar-refractivity contribution in [3.05, 3.63) is 81.8 Å². The second-order valence-corrected chi connectivity index (χ2v) is 6.63. The van der Waals surface area contributed by atoms with Gasteiger partial charge in [-0.1, -0.05) is 12.1 Å². The minimum atomic E-state index is -0.336. The average molecular weight is 366 g/mol. The fraction of sp³-hybridized carbons (Fsp3) is 0.150. The summed E-state index contributed by atoms with van der Waals surface area (Å²) >= 11 is 1.27. The molecule has 2 aromatic heterocycles. The third kappa shape index (κ3) is 3.97. The van der Waals surface area contributed by atoms with Crippen molar-refractivity contribution < 1.29 is 14.3 Å². The Morgan fingerprint density at radius 3 is 2.31 bits per heavy atom. The lowest BCUT2D eigenvalue weighted by Gasteiger charge is -2.19. The van der Waals surface area contributed by atoms with E-state index in [4.69, 9.17) is 4.74 Å². The first-order valence-corrected chi connectivity index (χ1v) is 8.90. The molecular formula is C20H18N2O3S. The summed E-state index contributed by atoms with van der Waals surface area (Å²) < 4.78 is 5.20. The van der Waals surface area contributed by atoms with Crippen LogP contribution in [0.15, 0.2) is 60.2 Å². The summed E-state index contributed by atoms with van der Waals surface area (Å²) in [4.78, 5) is 28.8. The molecular weight excluding hydrogens is 348 g/mol. The van der Waals surface area contributed by atoms with Crippen molar-refractivity contribution in [2.75, 3.05) is 7.11 Å². The van der Waals surface area contributed by atoms with Gasteiger partial charge < -0.3 is 10.1 Å². The molecule has 1 aromatic carbocycles. The molecule has 6 heteroatoms. The van der Waals surface area contributed by atoms with Crippen LogP contribution in [0.3, 0.4) is 0 Å². The number of amides is 1. The van der Waals surface area contributed by atoms with Crippen LogP contribution in [0.25, 0.3) is 0 Å². The predicted molar refractivity (Wildman–Crippen MR) is 101 cm³/mol. The van der Waals surface area contributed by atoms with E-state index in [0.29, 0.717) is 10.4 Å². The van der Waals surface area contributed by atoms with Gasteiger partial charge in [0.15, 0.2) is 5.78 Å². The number of rotatable bonds is 6. The van der Waals surface area contributed by atoms with Crippen LogP contribution in [0.2, 0.25) is 0 Å². The highest BCUT2D eigenvalue weighted by atomic mass is 32.1. The van der Waals surface area contributed by atoms with Crippen LogP contribution in [-0.2, 0) is 0 Å². The van der Waals surface area contributed by atoms with Crippen LogP contribution in [0.5, 0.6) is 5.75 Å². The van der Waals surface area contributed by atoms with Gasteiger partial charge in [-0.3, -0.25) is 14.6 Å². The summed E-state index contributed by atoms with van der Waals surface area (Å²) in [6.07, 6.45) is 3.38. The molecule has 0 saturated heterocycles. The fourth-order valence-electron chi connectivity index (χ4n) is 2.57. The molecule has 0 aliphatic carbocycles. The van der Waals surface area contributed by atoms with Crippen molar-refractivity contribution in [1.29, 1.82) is 0 Å². The zero-order valence-corrected chi connectivity index (χ0v) is 15.2. The molecule has 0 bridgehead atoms. The summed E-state index contributed by atoms with van der Waals surface area (Å²) in [5, 5.41) is 4.74. The SMILES string of the molecule is COc1ccc(C(NC(=O)c2csc(C(C)=O)c2)c2ccncc2)cc1. The smallest absolute Gasteiger partial charge is 0.252 e. The van der Waals surface area contributed by atoms with E-state index in [1.165, 1.54) is 18.3 Å². The topological polar surface area (TPSA) is 68.3 Å². The molecule has 0 aliphatic rings. The summed E-state index contributed by atoms with van der Waals surface area (Å²) in [5.74, 6) is 0.471. The first-order valence-electron chi connectivity index (χ1n) is 8.02. The zero-order chi connectivity index (χ0) is 18.5. The van der Waals surface area contributed by atoms with E-state index in [1.807, 2.05) is 36.4 Å². The lowest BCUT2D eigenvalue weighted by atomic mass is 9.99. The number of ether oxygens (including phenoxy) is 1. The molecule has 1 N–H and O–H groups in total. The molecule has 5 nitrogen and oxygen atoms in total. The third-order valence-corrected chi connectivity index (χ3v) is 5.00. The molecule has 132 valence electrons. The van der Waals surface area contributed by atoms with Gasteiger partial charge in [0, 0.05) is 17.8 Å². The summed E-state index contributed by atoms with van der Waals surface area (Å²) in [6, 6.07) is 12.6. The molecule has 1 atom stereocenters. The maximum absolute atomic E-state index is 12.7. The normalized spacial score (nSPS) is 11.6. The van der Waals surface area contributed by atoms with Crippen molar-refractivity contribution in [2.45, 2.75) is 13.0 Å². The summed E-state index contributed by atoms with van der Waals surface area (Å²) in [5.41, 5.74) is 2.32. The standard InChI is InChI=1S/C20H18N2O3S/c1-13(23)18-11-16(12-26-18)20(24)22-19(15-7-9-21-10-8-15)14-3-5-17(25-2)6-4-14/h3-12,19H,1-2H3,(H,22,24). The van der Waals surface area contributed by atoms with E-state index in [2.05, 4.69) is 10.3 Å². The number of methoxy groups -OCH3 is 1. The Bertz CT molecular complexity index is 904. The summed E-state index contributed by atoms with van der Waals surface area (Å²) in [6.45, 7) is 1.49. The van der Waals surface area contributed by atoms with Crippen molar-refractivity contribution in [3.63, 3.8) is 0 Å². The number of aromatic nitrogens is 1. The summed E-state index contributed by atoms with van der Waals surface area (Å²) in [7, 11) is 1.61. The van der Waals surface area contributed by atoms with Gasteiger partial charge in [-0.15, -0.1) is 11.3 Å². The minimum Gasteiger partial charge on any atom is -0.497 e. The lowest BCUT2D eigenvalue weighted by Crippen LogP contribution is -2.29. The van der Waals surface area contributed by atoms with Crippen LogP contribution in [0.4, 0.5) is 0 Å². The molecule has 3 aromatic rings. The number of nitrogens with zero attached hydrogens (tertiary/aromatic N) is 1. The predicted octanol–water partition coefficient (Wildman–Crippen LogP) is 3.87. The second kappa shape index (κ2) is 7.93. The molecule has 1 unspecified atom stereocenters. The van der Waals surface area contributed by atoms with E-state index in [9.17, 15) is 9.59 Å². The van der Waals surface area contributed by atoms with Gasteiger partial charge in [-0.2, -0.15) is 0 Å². The maximum Gasteiger partial charge on any atom is 0.252 e. The molecule has 3 rings (SSSR count). The first-order chi connectivity index (χ1) is 12.6. The number of thiophene rings is 1. The molecule has 0 spiro atoms. The Morgan fingerprint density at radius 1 is 1.08 bits per heavy atom. The van der Waals surface area contributed by atoms with E-state index in [0.717, 1.165) is 16.9 Å². The number of carbonyl (C=O) groups excluding carboxylic acids is 2. The zero-order valence-electron chi connectivity index (χ0n) is 14.4. The molecule has 26 heavy (non-hydrogen) atoms. The molecule has 0 saturated carbocycles. The van der Waals surface area contributed by atoms with E-state index in [1.54, 1.807) is 30.9 Å². The number of pyridine rings is 1. The van der Waals surface area contributed by atoms with Crippen molar-refractivity contribution in [3.8, 4) is 5.75 Å². The molecule has 1 amide bonds. The van der Waals surface area contributed by atoms with Crippen LogP contribution in [0, 0.1) is 0 Å². The Labute approximate surface area is 155 Å². The quantitative estimate of drug-likeness (QED) is 0.673. The third-order valence-electron chi connectivity index (χ3n) is 3.97. The van der Waals surface area contributed by atoms with Crippen LogP contribution < -0.4 is 10.1 Å². The lowest BCUT2D eigenvalue weighted by molar-refractivity contribution is 0.0943. The number of benzene rings is 1. The Morgan fingerprint density at radius 2 is 1.73 bits per heavy atom. The average Bonchev–Trinajstić information content (AvgIpc) is 3.17. The Kier molecular flexibility index (Phi) is 5.43. The highest BCUT2D eigenvalue weighted by Crippen LogP contribution is 2.25. The van der Waals surface area contributed by atoms with Crippen LogP contribution in [0.1, 0.15) is 44.1 Å². The molecule has 0 aliphatic heterocycles. The van der Waals surface area contributed by atoms with E-state index >= 15 is 0 Å². The second-order valence-electron chi connectivity index (χ2n) is 5.72. The number of nitrogens with one attached hydrogen (secondary N) is 1. The fourth-order valence-corrected chi connectivity index (χ4v) is 3.36. The van der Waals surface area contributed by atoms with E-state index in [-0.39, 0.29) is 17.7 Å². The van der Waals surface area contributed by atoms with Gasteiger partial charge in [-0.25, -0.2) is 0 Å². The Balaban J connectivity index is 1.90. The largest absolute Gasteiger partial charge is 0.497 e.